The van der Waals surface area contributed by atoms with E-state index >= 15 is 0 Å². The molecule has 0 fully saturated rings. The molecule has 0 saturated heterocycles. The molecule has 0 aliphatic carbocycles. The maximum absolute atomic E-state index is 13.0. The Morgan fingerprint density at radius 3 is 2.47 bits per heavy atom. The Morgan fingerprint density at radius 1 is 1.05 bits per heavy atom. The second-order valence-electron chi connectivity index (χ2n) is 3.82. The summed E-state index contributed by atoms with van der Waals surface area (Å²) in [4.78, 5) is 0. The minimum absolute atomic E-state index is 0.306. The van der Waals surface area contributed by atoms with E-state index in [1.165, 1.54) is 12.1 Å². The molecule has 2 aromatic rings. The van der Waals surface area contributed by atoms with E-state index < -0.39 is 0 Å². The Kier molecular flexibility index (Phi) is 4.82. The zero-order valence-corrected chi connectivity index (χ0v) is 13.3. The van der Waals surface area contributed by atoms with Crippen LogP contribution in [0.3, 0.4) is 0 Å². The maximum atomic E-state index is 13.0. The Balaban J connectivity index is 2.16. The van der Waals surface area contributed by atoms with Gasteiger partial charge in [0.1, 0.15) is 23.9 Å². The van der Waals surface area contributed by atoms with E-state index in [-0.39, 0.29) is 5.82 Å². The van der Waals surface area contributed by atoms with Crippen LogP contribution in [0.1, 0.15) is 5.56 Å². The lowest BCUT2D eigenvalue weighted by atomic mass is 10.2. The third kappa shape index (κ3) is 3.70. The minimum atomic E-state index is -0.306. The van der Waals surface area contributed by atoms with Gasteiger partial charge in [-0.15, -0.1) is 0 Å². The third-order valence-corrected chi connectivity index (χ3v) is 3.63. The van der Waals surface area contributed by atoms with E-state index in [2.05, 4.69) is 31.9 Å². The summed E-state index contributed by atoms with van der Waals surface area (Å²) in [5.41, 5.74) is 0.910. The molecule has 0 atom stereocenters. The molecule has 0 aliphatic heterocycles. The van der Waals surface area contributed by atoms with Crippen LogP contribution in [0, 0.1) is 5.82 Å². The molecule has 0 unspecified atom stereocenters. The first-order chi connectivity index (χ1) is 9.10. The minimum Gasteiger partial charge on any atom is -0.496 e. The summed E-state index contributed by atoms with van der Waals surface area (Å²) in [7, 11) is 1.61. The van der Waals surface area contributed by atoms with Crippen LogP contribution in [-0.2, 0) is 6.61 Å². The van der Waals surface area contributed by atoms with Gasteiger partial charge in [-0.3, -0.25) is 0 Å². The fourth-order valence-corrected chi connectivity index (χ4v) is 2.48. The molecule has 0 saturated carbocycles. The topological polar surface area (TPSA) is 18.5 Å². The second-order valence-corrected chi connectivity index (χ2v) is 5.59. The monoisotopic (exact) mass is 388 g/mol. The highest BCUT2D eigenvalue weighted by Crippen LogP contribution is 2.28. The molecule has 0 amide bonds. The van der Waals surface area contributed by atoms with Crippen LogP contribution >= 0.6 is 31.9 Å². The maximum Gasteiger partial charge on any atom is 0.134 e. The SMILES string of the molecule is COc1ccc(Br)cc1COc1ccc(F)cc1Br. The molecule has 2 aromatic carbocycles. The van der Waals surface area contributed by atoms with Gasteiger partial charge < -0.3 is 9.47 Å². The van der Waals surface area contributed by atoms with Crippen molar-refractivity contribution in [1.82, 2.24) is 0 Å². The molecule has 0 aromatic heterocycles. The highest BCUT2D eigenvalue weighted by atomic mass is 79.9. The van der Waals surface area contributed by atoms with E-state index in [1.807, 2.05) is 18.2 Å². The zero-order chi connectivity index (χ0) is 13.8. The highest BCUT2D eigenvalue weighted by molar-refractivity contribution is 9.10. The molecule has 0 N–H and O–H groups in total. The molecule has 0 heterocycles. The molecule has 0 aliphatic rings. The number of benzene rings is 2. The first-order valence-electron chi connectivity index (χ1n) is 5.50. The van der Waals surface area contributed by atoms with E-state index in [1.54, 1.807) is 13.2 Å². The summed E-state index contributed by atoms with van der Waals surface area (Å²) < 4.78 is 25.4. The van der Waals surface area contributed by atoms with Gasteiger partial charge in [0.25, 0.3) is 0 Å². The molecule has 0 radical (unpaired) electrons. The highest BCUT2D eigenvalue weighted by Gasteiger charge is 2.07. The zero-order valence-electron chi connectivity index (χ0n) is 10.1. The Labute approximate surface area is 127 Å². The lowest BCUT2D eigenvalue weighted by molar-refractivity contribution is 0.294. The van der Waals surface area contributed by atoms with Gasteiger partial charge in [0.05, 0.1) is 11.6 Å². The summed E-state index contributed by atoms with van der Waals surface area (Å²) in [5, 5.41) is 0. The second kappa shape index (κ2) is 6.39. The van der Waals surface area contributed by atoms with Gasteiger partial charge in [-0.05, 0) is 52.3 Å². The lowest BCUT2D eigenvalue weighted by Crippen LogP contribution is -1.99. The van der Waals surface area contributed by atoms with Gasteiger partial charge in [0.15, 0.2) is 0 Å². The Morgan fingerprint density at radius 2 is 1.79 bits per heavy atom. The van der Waals surface area contributed by atoms with Crippen molar-refractivity contribution in [3.8, 4) is 11.5 Å². The average molecular weight is 390 g/mol. The van der Waals surface area contributed by atoms with Crippen LogP contribution in [0.2, 0.25) is 0 Å². The van der Waals surface area contributed by atoms with Crippen LogP contribution < -0.4 is 9.47 Å². The van der Waals surface area contributed by atoms with Crippen molar-refractivity contribution >= 4 is 31.9 Å². The molecular weight excluding hydrogens is 379 g/mol. The summed E-state index contributed by atoms with van der Waals surface area (Å²) in [6.07, 6.45) is 0. The lowest BCUT2D eigenvalue weighted by Gasteiger charge is -2.11. The van der Waals surface area contributed by atoms with Gasteiger partial charge in [-0.1, -0.05) is 15.9 Å². The van der Waals surface area contributed by atoms with Crippen molar-refractivity contribution < 1.29 is 13.9 Å². The number of ether oxygens (including phenoxy) is 2. The number of hydrogen-bond donors (Lipinski definition) is 0. The molecule has 5 heteroatoms. The van der Waals surface area contributed by atoms with E-state index in [0.717, 1.165) is 15.8 Å². The number of halogens is 3. The van der Waals surface area contributed by atoms with Crippen LogP contribution in [0.15, 0.2) is 45.3 Å². The summed E-state index contributed by atoms with van der Waals surface area (Å²) >= 11 is 6.67. The van der Waals surface area contributed by atoms with Gasteiger partial charge in [0.2, 0.25) is 0 Å². The quantitative estimate of drug-likeness (QED) is 0.737. The first-order valence-corrected chi connectivity index (χ1v) is 7.09. The van der Waals surface area contributed by atoms with Crippen molar-refractivity contribution in [3.63, 3.8) is 0 Å². The molecule has 19 heavy (non-hydrogen) atoms. The van der Waals surface area contributed by atoms with Gasteiger partial charge in [0, 0.05) is 10.0 Å². The Bertz CT molecular complexity index is 588. The van der Waals surface area contributed by atoms with Crippen LogP contribution in [0.5, 0.6) is 11.5 Å². The van der Waals surface area contributed by atoms with Crippen molar-refractivity contribution in [1.29, 1.82) is 0 Å². The standard InChI is InChI=1S/C14H11Br2FO2/c1-18-13-4-2-10(15)6-9(13)8-19-14-5-3-11(17)7-12(14)16/h2-7H,8H2,1H3. The van der Waals surface area contributed by atoms with Gasteiger partial charge >= 0.3 is 0 Å². The molecular formula is C14H11Br2FO2. The molecule has 2 nitrogen and oxygen atoms in total. The first kappa shape index (κ1) is 14.3. The number of rotatable bonds is 4. The molecule has 2 rings (SSSR count). The molecule has 100 valence electrons. The predicted octanol–water partition coefficient (Wildman–Crippen LogP) is 4.94. The summed E-state index contributed by atoms with van der Waals surface area (Å²) in [6, 6.07) is 10.0. The predicted molar refractivity (Wildman–Crippen MR) is 79.1 cm³/mol. The number of hydrogen-bond acceptors (Lipinski definition) is 2. The molecule has 0 spiro atoms. The fourth-order valence-electron chi connectivity index (χ4n) is 1.61. The Hall–Kier alpha value is -1.07. The van der Waals surface area contributed by atoms with Gasteiger partial charge in [-0.25, -0.2) is 4.39 Å². The fraction of sp³-hybridized carbons (Fsp3) is 0.143. The van der Waals surface area contributed by atoms with Gasteiger partial charge in [-0.2, -0.15) is 0 Å². The third-order valence-electron chi connectivity index (χ3n) is 2.52. The summed E-state index contributed by atoms with van der Waals surface area (Å²) in [5.74, 6) is 1.03. The van der Waals surface area contributed by atoms with Crippen LogP contribution in [0.25, 0.3) is 0 Å². The van der Waals surface area contributed by atoms with Crippen LogP contribution in [-0.4, -0.2) is 7.11 Å². The van der Waals surface area contributed by atoms with E-state index in [9.17, 15) is 4.39 Å². The van der Waals surface area contributed by atoms with Crippen LogP contribution in [0.4, 0.5) is 4.39 Å². The summed E-state index contributed by atoms with van der Waals surface area (Å²) in [6.45, 7) is 0.340. The smallest absolute Gasteiger partial charge is 0.134 e. The van der Waals surface area contributed by atoms with Crippen molar-refractivity contribution in [2.24, 2.45) is 0 Å². The van der Waals surface area contributed by atoms with Crippen molar-refractivity contribution in [2.75, 3.05) is 7.11 Å². The van der Waals surface area contributed by atoms with Crippen molar-refractivity contribution in [2.45, 2.75) is 6.61 Å². The average Bonchev–Trinajstić information content (AvgIpc) is 2.38. The van der Waals surface area contributed by atoms with E-state index in [4.69, 9.17) is 9.47 Å². The number of methoxy groups -OCH3 is 1. The van der Waals surface area contributed by atoms with Crippen molar-refractivity contribution in [3.05, 3.63) is 56.7 Å². The normalized spacial score (nSPS) is 10.3. The largest absolute Gasteiger partial charge is 0.496 e. The molecule has 0 bridgehead atoms. The van der Waals surface area contributed by atoms with E-state index in [0.29, 0.717) is 16.8 Å².